The molecule has 2 N–H and O–H groups in total. The number of anilines is 3. The molecular weight excluding hydrogens is 386 g/mol. The molecule has 1 aromatic heterocycles. The molecular formula is C21H21N5O4. The molecule has 2 aromatic carbocycles. The molecule has 0 radical (unpaired) electrons. The Morgan fingerprint density at radius 3 is 2.47 bits per heavy atom. The topological polar surface area (TPSA) is 110 Å². The summed E-state index contributed by atoms with van der Waals surface area (Å²) in [5.74, 6) is -1.20. The summed E-state index contributed by atoms with van der Waals surface area (Å²) in [5.41, 5.74) is 3.07. The molecule has 3 aromatic rings. The molecule has 1 saturated heterocycles. The van der Waals surface area contributed by atoms with Crippen LogP contribution in [-0.4, -0.2) is 48.3 Å². The first-order chi connectivity index (χ1) is 14.6. The van der Waals surface area contributed by atoms with Gasteiger partial charge in [0.15, 0.2) is 0 Å². The molecule has 0 spiro atoms. The van der Waals surface area contributed by atoms with Crippen LogP contribution in [0.5, 0.6) is 0 Å². The highest BCUT2D eigenvalue weighted by Gasteiger charge is 2.18. The van der Waals surface area contributed by atoms with Crippen LogP contribution in [0.1, 0.15) is 26.6 Å². The number of aryl methyl sites for hydroxylation is 1. The van der Waals surface area contributed by atoms with E-state index in [1.165, 1.54) is 0 Å². The smallest absolute Gasteiger partial charge is 0.322 e. The lowest BCUT2D eigenvalue weighted by atomic mass is 10.1. The number of aromatic nitrogens is 2. The largest absolute Gasteiger partial charge is 0.399 e. The van der Waals surface area contributed by atoms with Gasteiger partial charge in [0, 0.05) is 30.0 Å². The van der Waals surface area contributed by atoms with Gasteiger partial charge in [-0.1, -0.05) is 22.8 Å². The van der Waals surface area contributed by atoms with Crippen molar-refractivity contribution in [3.63, 3.8) is 0 Å². The van der Waals surface area contributed by atoms with E-state index in [1.807, 2.05) is 25.1 Å². The SMILES string of the molecule is Cc1cccc(C(=O)Nc2nnc(C(=O)Nc3ccc(N4CCOCC4)cc3)o2)c1. The molecule has 4 rings (SSSR count). The van der Waals surface area contributed by atoms with Gasteiger partial charge in [-0.25, -0.2) is 0 Å². The Bertz CT molecular complexity index is 1040. The molecule has 1 aliphatic rings. The second-order valence-corrected chi connectivity index (χ2v) is 6.84. The van der Waals surface area contributed by atoms with Crippen LogP contribution in [-0.2, 0) is 4.74 Å². The van der Waals surface area contributed by atoms with Crippen LogP contribution in [0.4, 0.5) is 17.4 Å². The van der Waals surface area contributed by atoms with Crippen molar-refractivity contribution in [1.29, 1.82) is 0 Å². The number of hydrogen-bond donors (Lipinski definition) is 2. The normalized spacial score (nSPS) is 13.7. The first kappa shape index (κ1) is 19.6. The number of hydrogen-bond acceptors (Lipinski definition) is 7. The molecule has 0 bridgehead atoms. The van der Waals surface area contributed by atoms with Gasteiger partial charge in [0.1, 0.15) is 0 Å². The molecule has 9 heteroatoms. The Kier molecular flexibility index (Phi) is 5.71. The monoisotopic (exact) mass is 407 g/mol. The van der Waals surface area contributed by atoms with Crippen LogP contribution in [0.3, 0.4) is 0 Å². The van der Waals surface area contributed by atoms with Crippen molar-refractivity contribution in [1.82, 2.24) is 10.2 Å². The standard InChI is InChI=1S/C21H21N5O4/c1-14-3-2-4-15(13-14)18(27)23-21-25-24-20(30-21)19(28)22-16-5-7-17(8-6-16)26-9-11-29-12-10-26/h2-8,13H,9-12H2,1H3,(H,22,28)(H,23,25,27). The minimum atomic E-state index is -0.558. The molecule has 2 heterocycles. The first-order valence-electron chi connectivity index (χ1n) is 9.54. The number of carbonyl (C=O) groups excluding carboxylic acids is 2. The van der Waals surface area contributed by atoms with E-state index < -0.39 is 11.8 Å². The van der Waals surface area contributed by atoms with Gasteiger partial charge in [0.05, 0.1) is 13.2 Å². The number of carbonyl (C=O) groups is 2. The van der Waals surface area contributed by atoms with E-state index in [4.69, 9.17) is 9.15 Å². The van der Waals surface area contributed by atoms with Crippen LogP contribution in [0.15, 0.2) is 52.9 Å². The molecule has 1 aliphatic heterocycles. The van der Waals surface area contributed by atoms with Crippen molar-refractivity contribution in [3.05, 3.63) is 65.5 Å². The third-order valence-electron chi connectivity index (χ3n) is 4.62. The maximum absolute atomic E-state index is 12.4. The zero-order valence-corrected chi connectivity index (χ0v) is 16.4. The minimum absolute atomic E-state index is 0.144. The highest BCUT2D eigenvalue weighted by atomic mass is 16.5. The third kappa shape index (κ3) is 4.64. The fourth-order valence-electron chi connectivity index (χ4n) is 3.08. The summed E-state index contributed by atoms with van der Waals surface area (Å²) in [6.45, 7) is 4.98. The maximum Gasteiger partial charge on any atom is 0.322 e. The fraction of sp³-hybridized carbons (Fsp3) is 0.238. The Balaban J connectivity index is 1.36. The first-order valence-corrected chi connectivity index (χ1v) is 9.54. The summed E-state index contributed by atoms with van der Waals surface area (Å²) in [7, 11) is 0. The Morgan fingerprint density at radius 1 is 0.967 bits per heavy atom. The lowest BCUT2D eigenvalue weighted by molar-refractivity contribution is 0.0983. The summed E-state index contributed by atoms with van der Waals surface area (Å²) in [4.78, 5) is 26.8. The lowest BCUT2D eigenvalue weighted by Gasteiger charge is -2.28. The number of rotatable bonds is 5. The molecule has 0 saturated carbocycles. The highest BCUT2D eigenvalue weighted by molar-refractivity contribution is 6.04. The van der Waals surface area contributed by atoms with Gasteiger partial charge >= 0.3 is 17.8 Å². The van der Waals surface area contributed by atoms with E-state index in [-0.39, 0.29) is 11.9 Å². The number of morpholine rings is 1. The van der Waals surface area contributed by atoms with Crippen molar-refractivity contribution in [2.24, 2.45) is 0 Å². The van der Waals surface area contributed by atoms with Gasteiger partial charge < -0.3 is 19.4 Å². The Morgan fingerprint density at radius 2 is 1.73 bits per heavy atom. The maximum atomic E-state index is 12.4. The van der Waals surface area contributed by atoms with Crippen LogP contribution in [0.25, 0.3) is 0 Å². The molecule has 9 nitrogen and oxygen atoms in total. The Labute approximate surface area is 173 Å². The van der Waals surface area contributed by atoms with E-state index in [9.17, 15) is 9.59 Å². The van der Waals surface area contributed by atoms with Crippen LogP contribution < -0.4 is 15.5 Å². The third-order valence-corrected chi connectivity index (χ3v) is 4.62. The summed E-state index contributed by atoms with van der Waals surface area (Å²) in [5, 5.41) is 12.6. The second kappa shape index (κ2) is 8.75. The number of nitrogens with one attached hydrogen (secondary N) is 2. The van der Waals surface area contributed by atoms with Crippen LogP contribution in [0.2, 0.25) is 0 Å². The summed E-state index contributed by atoms with van der Waals surface area (Å²) >= 11 is 0. The van der Waals surface area contributed by atoms with E-state index in [0.29, 0.717) is 24.5 Å². The predicted octanol–water partition coefficient (Wildman–Crippen LogP) is 2.72. The van der Waals surface area contributed by atoms with Gasteiger partial charge in [-0.3, -0.25) is 14.9 Å². The van der Waals surface area contributed by atoms with Gasteiger partial charge in [-0.05, 0) is 43.3 Å². The van der Waals surface area contributed by atoms with E-state index in [0.717, 1.165) is 24.3 Å². The van der Waals surface area contributed by atoms with Gasteiger partial charge in [0.25, 0.3) is 5.91 Å². The lowest BCUT2D eigenvalue weighted by Crippen LogP contribution is -2.36. The fourth-order valence-corrected chi connectivity index (χ4v) is 3.08. The van der Waals surface area contributed by atoms with E-state index in [1.54, 1.807) is 30.3 Å². The van der Waals surface area contributed by atoms with Crippen molar-refractivity contribution < 1.29 is 18.7 Å². The van der Waals surface area contributed by atoms with Crippen molar-refractivity contribution in [3.8, 4) is 0 Å². The van der Waals surface area contributed by atoms with Crippen molar-refractivity contribution in [2.45, 2.75) is 6.92 Å². The van der Waals surface area contributed by atoms with Crippen LogP contribution >= 0.6 is 0 Å². The number of ether oxygens (including phenoxy) is 1. The highest BCUT2D eigenvalue weighted by Crippen LogP contribution is 2.19. The average molecular weight is 407 g/mol. The summed E-state index contributed by atoms with van der Waals surface area (Å²) in [6, 6.07) is 14.4. The summed E-state index contributed by atoms with van der Waals surface area (Å²) < 4.78 is 10.6. The Hall–Kier alpha value is -3.72. The molecule has 0 unspecified atom stereocenters. The number of nitrogens with zero attached hydrogens (tertiary/aromatic N) is 3. The van der Waals surface area contributed by atoms with E-state index >= 15 is 0 Å². The average Bonchev–Trinajstić information content (AvgIpc) is 3.23. The zero-order chi connectivity index (χ0) is 20.9. The molecule has 2 amide bonds. The zero-order valence-electron chi connectivity index (χ0n) is 16.4. The quantitative estimate of drug-likeness (QED) is 0.669. The van der Waals surface area contributed by atoms with Gasteiger partial charge in [-0.2, -0.15) is 0 Å². The second-order valence-electron chi connectivity index (χ2n) is 6.84. The van der Waals surface area contributed by atoms with E-state index in [2.05, 4.69) is 25.7 Å². The molecule has 30 heavy (non-hydrogen) atoms. The molecule has 0 aliphatic carbocycles. The molecule has 1 fully saturated rings. The molecule has 0 atom stereocenters. The minimum Gasteiger partial charge on any atom is -0.399 e. The van der Waals surface area contributed by atoms with Gasteiger partial charge in [-0.15, -0.1) is 5.10 Å². The summed E-state index contributed by atoms with van der Waals surface area (Å²) in [6.07, 6.45) is 0. The number of benzene rings is 2. The van der Waals surface area contributed by atoms with Gasteiger partial charge in [0.2, 0.25) is 0 Å². The van der Waals surface area contributed by atoms with Crippen LogP contribution in [0, 0.1) is 6.92 Å². The van der Waals surface area contributed by atoms with Crippen molar-refractivity contribution >= 4 is 29.2 Å². The number of amides is 2. The molecule has 154 valence electrons. The predicted molar refractivity (Wildman–Crippen MR) is 111 cm³/mol. The van der Waals surface area contributed by atoms with Crippen molar-refractivity contribution in [2.75, 3.05) is 41.8 Å².